The number of anilines is 1. The van der Waals surface area contributed by atoms with Crippen LogP contribution in [0.15, 0.2) is 18.3 Å². The van der Waals surface area contributed by atoms with E-state index in [9.17, 15) is 0 Å². The van der Waals surface area contributed by atoms with Gasteiger partial charge in [0, 0.05) is 13.1 Å². The molecule has 0 spiro atoms. The first-order chi connectivity index (χ1) is 8.20. The van der Waals surface area contributed by atoms with Crippen molar-refractivity contribution in [1.29, 1.82) is 5.41 Å². The van der Waals surface area contributed by atoms with Crippen LogP contribution in [0.2, 0.25) is 0 Å². The van der Waals surface area contributed by atoms with E-state index in [0.717, 1.165) is 24.7 Å². The lowest BCUT2D eigenvalue weighted by Crippen LogP contribution is -2.20. The van der Waals surface area contributed by atoms with E-state index in [2.05, 4.69) is 16.8 Å². The minimum Gasteiger partial charge on any atom is -0.382 e. The average Bonchev–Trinajstić information content (AvgIpc) is 2.78. The van der Waals surface area contributed by atoms with Gasteiger partial charge in [0.1, 0.15) is 11.5 Å². The smallest absolute Gasteiger partial charge is 0.141 e. The lowest BCUT2D eigenvalue weighted by molar-refractivity contribution is 0.530. The number of pyridine rings is 1. The highest BCUT2D eigenvalue weighted by Gasteiger charge is 2.21. The van der Waals surface area contributed by atoms with Gasteiger partial charge >= 0.3 is 0 Å². The highest BCUT2D eigenvalue weighted by molar-refractivity contribution is 5.93. The molecule has 0 aliphatic carbocycles. The minimum absolute atomic E-state index is 0.0295. The molecule has 0 amide bonds. The Labute approximate surface area is 102 Å². The highest BCUT2D eigenvalue weighted by Crippen LogP contribution is 2.25. The lowest BCUT2D eigenvalue weighted by atomic mass is 10.0. The topological polar surface area (TPSA) is 66.0 Å². The van der Waals surface area contributed by atoms with E-state index in [-0.39, 0.29) is 5.84 Å². The third-order valence-corrected chi connectivity index (χ3v) is 3.37. The second-order valence-corrected chi connectivity index (χ2v) is 4.70. The van der Waals surface area contributed by atoms with Crippen molar-refractivity contribution in [2.24, 2.45) is 11.7 Å². The lowest BCUT2D eigenvalue weighted by Gasteiger charge is -2.18. The first-order valence-electron chi connectivity index (χ1n) is 6.26. The number of nitrogens with two attached hydrogens (primary N) is 1. The molecule has 1 aliphatic rings. The van der Waals surface area contributed by atoms with Crippen molar-refractivity contribution in [3.63, 3.8) is 0 Å². The van der Waals surface area contributed by atoms with E-state index < -0.39 is 0 Å². The SMILES string of the molecule is CCCC1CCN(c2ccc(C(=N)N)nc2)C1. The molecule has 1 saturated heterocycles. The summed E-state index contributed by atoms with van der Waals surface area (Å²) in [5.41, 5.74) is 7.09. The van der Waals surface area contributed by atoms with E-state index in [1.54, 1.807) is 0 Å². The van der Waals surface area contributed by atoms with Crippen molar-refractivity contribution in [1.82, 2.24) is 4.98 Å². The molecule has 4 heteroatoms. The van der Waals surface area contributed by atoms with E-state index in [0.29, 0.717) is 5.69 Å². The van der Waals surface area contributed by atoms with Crippen LogP contribution in [-0.4, -0.2) is 23.9 Å². The van der Waals surface area contributed by atoms with Gasteiger partial charge in [-0.1, -0.05) is 13.3 Å². The summed E-state index contributed by atoms with van der Waals surface area (Å²) in [5, 5.41) is 7.30. The Morgan fingerprint density at radius 1 is 1.59 bits per heavy atom. The zero-order valence-electron chi connectivity index (χ0n) is 10.3. The number of rotatable bonds is 4. The molecule has 1 fully saturated rings. The fraction of sp³-hybridized carbons (Fsp3) is 0.538. The Morgan fingerprint density at radius 3 is 3.00 bits per heavy atom. The maximum absolute atomic E-state index is 7.30. The summed E-state index contributed by atoms with van der Waals surface area (Å²) >= 11 is 0. The first kappa shape index (κ1) is 11.9. The molecule has 1 unspecified atom stereocenters. The fourth-order valence-corrected chi connectivity index (χ4v) is 2.44. The Bertz CT molecular complexity index is 385. The van der Waals surface area contributed by atoms with Gasteiger partial charge in [0.15, 0.2) is 0 Å². The van der Waals surface area contributed by atoms with Crippen molar-refractivity contribution in [2.75, 3.05) is 18.0 Å². The van der Waals surface area contributed by atoms with E-state index in [4.69, 9.17) is 11.1 Å². The van der Waals surface area contributed by atoms with Gasteiger partial charge in [-0.3, -0.25) is 10.4 Å². The van der Waals surface area contributed by atoms with Crippen LogP contribution in [0.4, 0.5) is 5.69 Å². The predicted octanol–water partition coefficient (Wildman–Crippen LogP) is 1.99. The van der Waals surface area contributed by atoms with Crippen LogP contribution < -0.4 is 10.6 Å². The van der Waals surface area contributed by atoms with Gasteiger partial charge in [-0.05, 0) is 30.9 Å². The summed E-state index contributed by atoms with van der Waals surface area (Å²) in [5.74, 6) is 0.856. The number of nitrogens with zero attached hydrogens (tertiary/aromatic N) is 2. The summed E-state index contributed by atoms with van der Waals surface area (Å²) in [6.45, 7) is 4.49. The zero-order chi connectivity index (χ0) is 12.3. The molecule has 1 aromatic rings. The van der Waals surface area contributed by atoms with Crippen LogP contribution in [0.5, 0.6) is 0 Å². The largest absolute Gasteiger partial charge is 0.382 e. The van der Waals surface area contributed by atoms with Gasteiger partial charge < -0.3 is 10.6 Å². The van der Waals surface area contributed by atoms with E-state index in [1.807, 2.05) is 18.3 Å². The third-order valence-electron chi connectivity index (χ3n) is 3.37. The normalized spacial score (nSPS) is 19.6. The van der Waals surface area contributed by atoms with E-state index >= 15 is 0 Å². The standard InChI is InChI=1S/C13H20N4/c1-2-3-10-6-7-17(9-10)11-4-5-12(13(14)15)16-8-11/h4-5,8,10H,2-3,6-7,9H2,1H3,(H3,14,15). The summed E-state index contributed by atoms with van der Waals surface area (Å²) in [4.78, 5) is 6.57. The number of amidine groups is 1. The molecule has 1 aromatic heterocycles. The second kappa shape index (κ2) is 5.17. The zero-order valence-corrected chi connectivity index (χ0v) is 10.3. The number of aromatic nitrogens is 1. The molecule has 0 aromatic carbocycles. The number of nitrogen functional groups attached to an aromatic ring is 1. The van der Waals surface area contributed by atoms with Gasteiger partial charge in [0.25, 0.3) is 0 Å². The van der Waals surface area contributed by atoms with Crippen LogP contribution in [0.25, 0.3) is 0 Å². The number of hydrogen-bond donors (Lipinski definition) is 2. The van der Waals surface area contributed by atoms with Crippen molar-refractivity contribution in [3.8, 4) is 0 Å². The Morgan fingerprint density at radius 2 is 2.41 bits per heavy atom. The van der Waals surface area contributed by atoms with Gasteiger partial charge in [-0.2, -0.15) is 0 Å². The highest BCUT2D eigenvalue weighted by atomic mass is 15.2. The summed E-state index contributed by atoms with van der Waals surface area (Å²) < 4.78 is 0. The molecule has 92 valence electrons. The Balaban J connectivity index is 2.01. The summed E-state index contributed by atoms with van der Waals surface area (Å²) in [7, 11) is 0. The average molecular weight is 232 g/mol. The monoisotopic (exact) mass is 232 g/mol. The maximum Gasteiger partial charge on any atom is 0.141 e. The third kappa shape index (κ3) is 2.75. The summed E-state index contributed by atoms with van der Waals surface area (Å²) in [6, 6.07) is 3.84. The molecule has 2 rings (SSSR count). The summed E-state index contributed by atoms with van der Waals surface area (Å²) in [6.07, 6.45) is 5.68. The van der Waals surface area contributed by atoms with Crippen LogP contribution >= 0.6 is 0 Å². The van der Waals surface area contributed by atoms with Gasteiger partial charge in [-0.15, -0.1) is 0 Å². The van der Waals surface area contributed by atoms with Crippen molar-refractivity contribution in [3.05, 3.63) is 24.0 Å². The maximum atomic E-state index is 7.30. The molecule has 4 nitrogen and oxygen atoms in total. The van der Waals surface area contributed by atoms with Gasteiger partial charge in [0.2, 0.25) is 0 Å². The second-order valence-electron chi connectivity index (χ2n) is 4.70. The molecular weight excluding hydrogens is 212 g/mol. The van der Waals surface area contributed by atoms with Crippen molar-refractivity contribution in [2.45, 2.75) is 26.2 Å². The molecule has 2 heterocycles. The number of nitrogens with one attached hydrogen (secondary N) is 1. The Hall–Kier alpha value is -1.58. The fourth-order valence-electron chi connectivity index (χ4n) is 2.44. The molecule has 17 heavy (non-hydrogen) atoms. The Kier molecular flexibility index (Phi) is 3.61. The van der Waals surface area contributed by atoms with E-state index in [1.165, 1.54) is 19.3 Å². The first-order valence-corrected chi connectivity index (χ1v) is 6.26. The predicted molar refractivity (Wildman–Crippen MR) is 70.5 cm³/mol. The van der Waals surface area contributed by atoms with Crippen molar-refractivity contribution >= 4 is 11.5 Å². The molecule has 0 saturated carbocycles. The van der Waals surface area contributed by atoms with Crippen LogP contribution in [0, 0.1) is 11.3 Å². The molecular formula is C13H20N4. The number of hydrogen-bond acceptors (Lipinski definition) is 3. The minimum atomic E-state index is 0.0295. The van der Waals surface area contributed by atoms with Crippen LogP contribution in [0.3, 0.4) is 0 Å². The molecule has 1 atom stereocenters. The van der Waals surface area contributed by atoms with Crippen LogP contribution in [-0.2, 0) is 0 Å². The molecule has 0 radical (unpaired) electrons. The van der Waals surface area contributed by atoms with Gasteiger partial charge in [0.05, 0.1) is 11.9 Å². The molecule has 1 aliphatic heterocycles. The molecule has 0 bridgehead atoms. The van der Waals surface area contributed by atoms with Crippen LogP contribution in [0.1, 0.15) is 31.9 Å². The van der Waals surface area contributed by atoms with Crippen molar-refractivity contribution < 1.29 is 0 Å². The van der Waals surface area contributed by atoms with Gasteiger partial charge in [-0.25, -0.2) is 0 Å². The molecule has 3 N–H and O–H groups in total. The quantitative estimate of drug-likeness (QED) is 0.616.